The third-order valence-electron chi connectivity index (χ3n) is 3.89. The molecule has 2 heterocycles. The molecule has 0 bridgehead atoms. The average Bonchev–Trinajstić information content (AvgIpc) is 3.21. The van der Waals surface area contributed by atoms with Crippen LogP contribution < -0.4 is 19.5 Å². The van der Waals surface area contributed by atoms with E-state index in [9.17, 15) is 13.2 Å². The normalized spacial score (nSPS) is 19.6. The number of aromatic nitrogens is 2. The van der Waals surface area contributed by atoms with Gasteiger partial charge in [0.1, 0.15) is 4.91 Å². The van der Waals surface area contributed by atoms with Crippen molar-refractivity contribution in [1.82, 2.24) is 14.7 Å². The van der Waals surface area contributed by atoms with E-state index in [0.29, 0.717) is 13.2 Å². The molecule has 2 aliphatic rings. The Morgan fingerprint density at radius 3 is 2.41 bits per heavy atom. The minimum atomic E-state index is -4.27. The Hall–Kier alpha value is -2.61. The van der Waals surface area contributed by atoms with E-state index in [4.69, 9.17) is 31.2 Å². The lowest BCUT2D eigenvalue weighted by Gasteiger charge is -2.23. The zero-order valence-corrected chi connectivity index (χ0v) is 17.1. The number of sulfonamides is 1. The van der Waals surface area contributed by atoms with E-state index < -0.39 is 28.3 Å². The Kier molecular flexibility index (Phi) is 6.42. The molecular weight excluding hydrogens is 424 g/mol. The van der Waals surface area contributed by atoms with E-state index in [0.717, 1.165) is 0 Å². The highest BCUT2D eigenvalue weighted by atomic mass is 32.2. The van der Waals surface area contributed by atoms with Crippen LogP contribution in [-0.2, 0) is 19.5 Å². The zero-order valence-electron chi connectivity index (χ0n) is 15.4. The first-order valence-corrected chi connectivity index (χ1v) is 10.2. The Labute approximate surface area is 172 Å². The van der Waals surface area contributed by atoms with Crippen molar-refractivity contribution in [2.24, 2.45) is 5.92 Å². The lowest BCUT2D eigenvalue weighted by Crippen LogP contribution is -2.39. The van der Waals surface area contributed by atoms with Gasteiger partial charge in [-0.05, 0) is 6.08 Å². The molecule has 1 aliphatic heterocycles. The minimum Gasteiger partial charge on any atom is -0.481 e. The van der Waals surface area contributed by atoms with Gasteiger partial charge in [-0.2, -0.15) is 9.97 Å². The molecule has 0 radical (unpaired) electrons. The maximum atomic E-state index is 12.7. The number of carbonyl (C=O) groups is 1. The summed E-state index contributed by atoms with van der Waals surface area (Å²) in [6, 6.07) is 0.313. The average molecular weight is 442 g/mol. The molecule has 29 heavy (non-hydrogen) atoms. The van der Waals surface area contributed by atoms with Gasteiger partial charge in [0.05, 0.1) is 39.4 Å². The number of rotatable bonds is 6. The van der Waals surface area contributed by atoms with Crippen LogP contribution in [0.4, 0.5) is 10.7 Å². The van der Waals surface area contributed by atoms with Crippen LogP contribution in [0.5, 0.6) is 11.8 Å². The molecule has 1 aromatic rings. The van der Waals surface area contributed by atoms with Crippen LogP contribution in [0.1, 0.15) is 0 Å². The van der Waals surface area contributed by atoms with Gasteiger partial charge < -0.3 is 18.9 Å². The summed E-state index contributed by atoms with van der Waals surface area (Å²) in [4.78, 5) is 19.9. The largest absolute Gasteiger partial charge is 0.481 e. The molecule has 1 aliphatic carbocycles. The Balaban J connectivity index is 1.72. The number of amides is 2. The van der Waals surface area contributed by atoms with Gasteiger partial charge in [0.15, 0.2) is 6.29 Å². The first-order chi connectivity index (χ1) is 13.8. The predicted molar refractivity (Wildman–Crippen MR) is 105 cm³/mol. The van der Waals surface area contributed by atoms with E-state index in [-0.39, 0.29) is 27.5 Å². The Morgan fingerprint density at radius 2 is 1.83 bits per heavy atom. The predicted octanol–water partition coefficient (Wildman–Crippen LogP) is 0.758. The number of urea groups is 1. The van der Waals surface area contributed by atoms with Gasteiger partial charge in [-0.25, -0.2) is 17.9 Å². The van der Waals surface area contributed by atoms with Crippen molar-refractivity contribution in [3.8, 4) is 11.8 Å². The van der Waals surface area contributed by atoms with E-state index >= 15 is 0 Å². The SMILES string of the molecule is COc1cc(OC)nc(NC(=O)NS(=O)(=O)C2=CC=CC(C3OCCO3)C2=S)n1. The lowest BCUT2D eigenvalue weighted by atomic mass is 10.00. The van der Waals surface area contributed by atoms with E-state index in [1.165, 1.54) is 32.4 Å². The van der Waals surface area contributed by atoms with Gasteiger partial charge in [-0.1, -0.05) is 24.4 Å². The molecule has 1 aromatic heterocycles. The smallest absolute Gasteiger partial charge is 0.335 e. The van der Waals surface area contributed by atoms with Crippen molar-refractivity contribution >= 4 is 39.1 Å². The molecule has 1 atom stereocenters. The summed E-state index contributed by atoms with van der Waals surface area (Å²) in [7, 11) is -1.53. The molecule has 1 fully saturated rings. The second-order valence-corrected chi connectivity index (χ2v) is 7.84. The fourth-order valence-corrected chi connectivity index (χ4v) is 4.24. The number of hydrogen-bond donors (Lipinski definition) is 2. The highest BCUT2D eigenvalue weighted by Crippen LogP contribution is 2.27. The highest BCUT2D eigenvalue weighted by molar-refractivity contribution is 7.97. The number of allylic oxidation sites excluding steroid dienone is 3. The van der Waals surface area contributed by atoms with Gasteiger partial charge in [0.25, 0.3) is 10.0 Å². The van der Waals surface area contributed by atoms with Gasteiger partial charge in [0, 0.05) is 4.86 Å². The molecule has 0 saturated carbocycles. The van der Waals surface area contributed by atoms with Crippen molar-refractivity contribution < 1.29 is 32.2 Å². The monoisotopic (exact) mass is 442 g/mol. The van der Waals surface area contributed by atoms with Gasteiger partial charge in [-0.3, -0.25) is 5.32 Å². The van der Waals surface area contributed by atoms with Crippen molar-refractivity contribution in [3.05, 3.63) is 29.2 Å². The number of ether oxygens (including phenoxy) is 4. The molecule has 1 saturated heterocycles. The summed E-state index contributed by atoms with van der Waals surface area (Å²) in [6.07, 6.45) is 3.85. The summed E-state index contributed by atoms with van der Waals surface area (Å²) >= 11 is 5.29. The first kappa shape index (κ1) is 21.1. The number of methoxy groups -OCH3 is 2. The fourth-order valence-electron chi connectivity index (χ4n) is 2.59. The van der Waals surface area contributed by atoms with Crippen LogP contribution in [0, 0.1) is 5.92 Å². The molecule has 1 unspecified atom stereocenters. The van der Waals surface area contributed by atoms with Gasteiger partial charge in [-0.15, -0.1) is 0 Å². The minimum absolute atomic E-state index is 0.0824. The zero-order chi connectivity index (χ0) is 21.0. The van der Waals surface area contributed by atoms with E-state index in [1.54, 1.807) is 6.08 Å². The Bertz CT molecular complexity index is 949. The second kappa shape index (κ2) is 8.82. The van der Waals surface area contributed by atoms with Crippen molar-refractivity contribution in [2.75, 3.05) is 32.8 Å². The quantitative estimate of drug-likeness (QED) is 0.607. The number of nitrogens with one attached hydrogen (secondary N) is 2. The van der Waals surface area contributed by atoms with Gasteiger partial charge >= 0.3 is 6.03 Å². The van der Waals surface area contributed by atoms with Crippen LogP contribution in [0.3, 0.4) is 0 Å². The van der Waals surface area contributed by atoms with E-state index in [1.807, 2.05) is 4.72 Å². The van der Waals surface area contributed by atoms with Crippen molar-refractivity contribution in [1.29, 1.82) is 0 Å². The number of nitrogens with zero attached hydrogens (tertiary/aromatic N) is 2. The van der Waals surface area contributed by atoms with Crippen LogP contribution >= 0.6 is 12.2 Å². The summed E-state index contributed by atoms with van der Waals surface area (Å²) in [5, 5.41) is 2.22. The molecule has 13 heteroatoms. The Morgan fingerprint density at radius 1 is 1.21 bits per heavy atom. The molecule has 2 amide bonds. The summed E-state index contributed by atoms with van der Waals surface area (Å²) in [6.45, 7) is 0.794. The summed E-state index contributed by atoms with van der Waals surface area (Å²) < 4.78 is 48.0. The fraction of sp³-hybridized carbons (Fsp3) is 0.375. The molecule has 3 rings (SSSR count). The highest BCUT2D eigenvalue weighted by Gasteiger charge is 2.36. The van der Waals surface area contributed by atoms with E-state index in [2.05, 4.69) is 15.3 Å². The second-order valence-electron chi connectivity index (χ2n) is 5.75. The third kappa shape index (κ3) is 4.87. The first-order valence-electron chi connectivity index (χ1n) is 8.31. The number of anilines is 1. The standard InChI is InChI=1S/C16H18N4O7S2/c1-24-11-8-12(25-2)18-15(17-11)19-16(21)20-29(22,23)10-5-3-4-9(13(10)28)14-26-6-7-27-14/h3-5,8-9,14H,6-7H2,1-2H3,(H2,17,18,19,20,21). The van der Waals surface area contributed by atoms with Crippen LogP contribution in [0.2, 0.25) is 0 Å². The van der Waals surface area contributed by atoms with Crippen molar-refractivity contribution in [3.63, 3.8) is 0 Å². The van der Waals surface area contributed by atoms with Crippen molar-refractivity contribution in [2.45, 2.75) is 6.29 Å². The molecule has 0 spiro atoms. The summed E-state index contributed by atoms with van der Waals surface area (Å²) in [5.41, 5.74) is 0. The lowest BCUT2D eigenvalue weighted by molar-refractivity contribution is -0.0536. The molecule has 2 N–H and O–H groups in total. The van der Waals surface area contributed by atoms with Crippen LogP contribution in [-0.4, -0.2) is 63.0 Å². The molecule has 0 aromatic carbocycles. The van der Waals surface area contributed by atoms with Crippen LogP contribution in [0.25, 0.3) is 0 Å². The number of thiocarbonyl (C=S) groups is 1. The molecule has 11 nitrogen and oxygen atoms in total. The van der Waals surface area contributed by atoms with Crippen LogP contribution in [0.15, 0.2) is 29.2 Å². The van der Waals surface area contributed by atoms with Gasteiger partial charge in [0.2, 0.25) is 17.7 Å². The third-order valence-corrected chi connectivity index (χ3v) is 5.90. The number of carbonyl (C=O) groups excluding carboxylic acids is 1. The maximum absolute atomic E-state index is 12.7. The topological polar surface area (TPSA) is 138 Å². The number of hydrogen-bond acceptors (Lipinski definition) is 10. The molecular formula is C16H18N4O7S2. The summed E-state index contributed by atoms with van der Waals surface area (Å²) in [5.74, 6) is -0.524. The molecule has 156 valence electrons. The maximum Gasteiger partial charge on any atom is 0.335 e.